The molecule has 0 aromatic heterocycles. The standard InChI is InChI=1S/C16H13ClF2O/c1-9-6-12(14(19)8-13(9)18)16(17)11-2-3-15-10(7-11)4-5-20-15/h2-3,6-8,16H,4-5H2,1H3. The minimum atomic E-state index is -0.639. The highest BCUT2D eigenvalue weighted by molar-refractivity contribution is 6.22. The first-order valence-electron chi connectivity index (χ1n) is 6.41. The van der Waals surface area contributed by atoms with Crippen molar-refractivity contribution in [3.8, 4) is 5.75 Å². The molecule has 0 spiro atoms. The molecule has 1 unspecified atom stereocenters. The van der Waals surface area contributed by atoms with Crippen LogP contribution in [-0.4, -0.2) is 6.61 Å². The summed E-state index contributed by atoms with van der Waals surface area (Å²) in [6, 6.07) is 7.95. The lowest BCUT2D eigenvalue weighted by Gasteiger charge is -2.13. The van der Waals surface area contributed by atoms with Gasteiger partial charge in [0, 0.05) is 18.1 Å². The molecule has 1 heterocycles. The lowest BCUT2D eigenvalue weighted by molar-refractivity contribution is 0.357. The topological polar surface area (TPSA) is 9.23 Å². The summed E-state index contributed by atoms with van der Waals surface area (Å²) in [6.45, 7) is 2.26. The number of halogens is 3. The molecule has 2 aromatic rings. The number of rotatable bonds is 2. The van der Waals surface area contributed by atoms with Crippen molar-refractivity contribution in [2.75, 3.05) is 6.61 Å². The second kappa shape index (κ2) is 5.06. The van der Waals surface area contributed by atoms with Crippen LogP contribution in [0.1, 0.15) is 27.6 Å². The van der Waals surface area contributed by atoms with Crippen LogP contribution in [0.3, 0.4) is 0 Å². The van der Waals surface area contributed by atoms with E-state index in [1.807, 2.05) is 18.2 Å². The molecule has 0 amide bonds. The lowest BCUT2D eigenvalue weighted by atomic mass is 9.99. The molecule has 4 heteroatoms. The van der Waals surface area contributed by atoms with Gasteiger partial charge in [-0.3, -0.25) is 0 Å². The Balaban J connectivity index is 2.00. The quantitative estimate of drug-likeness (QED) is 0.739. The van der Waals surface area contributed by atoms with Crippen LogP contribution in [-0.2, 0) is 6.42 Å². The number of hydrogen-bond acceptors (Lipinski definition) is 1. The number of aryl methyl sites for hydroxylation is 1. The summed E-state index contributed by atoms with van der Waals surface area (Å²) in [5.41, 5.74) is 2.55. The van der Waals surface area contributed by atoms with Crippen LogP contribution in [0.4, 0.5) is 8.78 Å². The number of benzene rings is 2. The van der Waals surface area contributed by atoms with E-state index in [2.05, 4.69) is 0 Å². The first-order valence-corrected chi connectivity index (χ1v) is 6.85. The van der Waals surface area contributed by atoms with Gasteiger partial charge in [0.15, 0.2) is 0 Å². The number of ether oxygens (including phenoxy) is 1. The zero-order valence-corrected chi connectivity index (χ0v) is 11.7. The third-order valence-electron chi connectivity index (χ3n) is 3.56. The molecular weight excluding hydrogens is 282 g/mol. The summed E-state index contributed by atoms with van der Waals surface area (Å²) in [5, 5.41) is -0.639. The predicted molar refractivity (Wildman–Crippen MR) is 74.4 cm³/mol. The predicted octanol–water partition coefficient (Wildman–Crippen LogP) is 4.54. The normalized spacial score (nSPS) is 14.8. The molecule has 0 saturated carbocycles. The van der Waals surface area contributed by atoms with Crippen LogP contribution in [0.15, 0.2) is 30.3 Å². The number of fused-ring (bicyclic) bond motifs is 1. The van der Waals surface area contributed by atoms with Crippen LogP contribution in [0.25, 0.3) is 0 Å². The Bertz CT molecular complexity index is 670. The Kier molecular flexibility index (Phi) is 3.38. The van der Waals surface area contributed by atoms with Crippen LogP contribution >= 0.6 is 11.6 Å². The third-order valence-corrected chi connectivity index (χ3v) is 4.04. The second-order valence-corrected chi connectivity index (χ2v) is 5.39. The first kappa shape index (κ1) is 13.4. The fourth-order valence-corrected chi connectivity index (χ4v) is 2.72. The molecule has 1 aliphatic rings. The van der Waals surface area contributed by atoms with Crippen molar-refractivity contribution >= 4 is 11.6 Å². The van der Waals surface area contributed by atoms with Gasteiger partial charge in [0.05, 0.1) is 12.0 Å². The zero-order valence-electron chi connectivity index (χ0n) is 10.9. The Morgan fingerprint density at radius 1 is 1.15 bits per heavy atom. The van der Waals surface area contributed by atoms with E-state index in [0.29, 0.717) is 17.7 Å². The Morgan fingerprint density at radius 2 is 1.95 bits per heavy atom. The summed E-state index contributed by atoms with van der Waals surface area (Å²) < 4.78 is 32.6. The van der Waals surface area contributed by atoms with Crippen molar-refractivity contribution in [3.63, 3.8) is 0 Å². The monoisotopic (exact) mass is 294 g/mol. The minimum Gasteiger partial charge on any atom is -0.493 e. The average molecular weight is 295 g/mol. The van der Waals surface area contributed by atoms with Gasteiger partial charge in [0.2, 0.25) is 0 Å². The molecule has 2 aromatic carbocycles. The van der Waals surface area contributed by atoms with E-state index in [1.165, 1.54) is 6.07 Å². The summed E-state index contributed by atoms with van der Waals surface area (Å²) in [4.78, 5) is 0. The number of hydrogen-bond donors (Lipinski definition) is 0. The molecule has 0 saturated heterocycles. The molecule has 1 nitrogen and oxygen atoms in total. The molecule has 0 bridgehead atoms. The van der Waals surface area contributed by atoms with E-state index >= 15 is 0 Å². The lowest BCUT2D eigenvalue weighted by Crippen LogP contribution is -2.00. The molecule has 0 radical (unpaired) electrons. The van der Waals surface area contributed by atoms with Crippen molar-refractivity contribution in [3.05, 3.63) is 64.2 Å². The maximum atomic E-state index is 13.9. The highest BCUT2D eigenvalue weighted by Crippen LogP contribution is 2.35. The summed E-state index contributed by atoms with van der Waals surface area (Å²) in [5.74, 6) is -0.323. The van der Waals surface area contributed by atoms with Gasteiger partial charge in [-0.25, -0.2) is 8.78 Å². The van der Waals surface area contributed by atoms with Crippen LogP contribution < -0.4 is 4.74 Å². The molecule has 1 aliphatic heterocycles. The van der Waals surface area contributed by atoms with Gasteiger partial charge < -0.3 is 4.74 Å². The molecule has 20 heavy (non-hydrogen) atoms. The van der Waals surface area contributed by atoms with Crippen LogP contribution in [0.5, 0.6) is 5.75 Å². The molecule has 0 N–H and O–H groups in total. The highest BCUT2D eigenvalue weighted by atomic mass is 35.5. The Hall–Kier alpha value is -1.61. The van der Waals surface area contributed by atoms with Gasteiger partial charge in [0.25, 0.3) is 0 Å². The van der Waals surface area contributed by atoms with Gasteiger partial charge in [-0.15, -0.1) is 11.6 Å². The van der Waals surface area contributed by atoms with E-state index in [1.54, 1.807) is 6.92 Å². The Labute approximate surface area is 121 Å². The average Bonchev–Trinajstić information content (AvgIpc) is 2.89. The van der Waals surface area contributed by atoms with Gasteiger partial charge >= 0.3 is 0 Å². The van der Waals surface area contributed by atoms with E-state index in [0.717, 1.165) is 29.4 Å². The summed E-state index contributed by atoms with van der Waals surface area (Å²) >= 11 is 6.36. The number of alkyl halides is 1. The second-order valence-electron chi connectivity index (χ2n) is 4.95. The molecule has 3 rings (SSSR count). The maximum Gasteiger partial charge on any atom is 0.131 e. The van der Waals surface area contributed by atoms with E-state index in [4.69, 9.17) is 16.3 Å². The van der Waals surface area contributed by atoms with Crippen molar-refractivity contribution in [2.45, 2.75) is 18.7 Å². The van der Waals surface area contributed by atoms with E-state index in [9.17, 15) is 8.78 Å². The van der Waals surface area contributed by atoms with Crippen molar-refractivity contribution < 1.29 is 13.5 Å². The van der Waals surface area contributed by atoms with Crippen molar-refractivity contribution in [1.82, 2.24) is 0 Å². The van der Waals surface area contributed by atoms with Gasteiger partial charge in [-0.05, 0) is 35.7 Å². The largest absolute Gasteiger partial charge is 0.493 e. The highest BCUT2D eigenvalue weighted by Gasteiger charge is 2.20. The molecular formula is C16H13ClF2O. The summed E-state index contributed by atoms with van der Waals surface area (Å²) in [7, 11) is 0. The van der Waals surface area contributed by atoms with Crippen LogP contribution in [0, 0.1) is 18.6 Å². The van der Waals surface area contributed by atoms with Crippen LogP contribution in [0.2, 0.25) is 0 Å². The van der Waals surface area contributed by atoms with Crippen molar-refractivity contribution in [2.24, 2.45) is 0 Å². The molecule has 0 fully saturated rings. The van der Waals surface area contributed by atoms with Gasteiger partial charge in [0.1, 0.15) is 17.4 Å². The van der Waals surface area contributed by atoms with Crippen molar-refractivity contribution in [1.29, 1.82) is 0 Å². The zero-order chi connectivity index (χ0) is 14.3. The molecule has 0 aliphatic carbocycles. The first-order chi connectivity index (χ1) is 9.56. The maximum absolute atomic E-state index is 13.9. The van der Waals surface area contributed by atoms with Gasteiger partial charge in [-0.2, -0.15) is 0 Å². The van der Waals surface area contributed by atoms with Gasteiger partial charge in [-0.1, -0.05) is 12.1 Å². The summed E-state index contributed by atoms with van der Waals surface area (Å²) in [6.07, 6.45) is 0.831. The smallest absolute Gasteiger partial charge is 0.131 e. The Morgan fingerprint density at radius 3 is 2.75 bits per heavy atom. The fourth-order valence-electron chi connectivity index (χ4n) is 2.42. The minimum absolute atomic E-state index is 0.296. The van der Waals surface area contributed by atoms with E-state index < -0.39 is 17.0 Å². The molecule has 1 atom stereocenters. The SMILES string of the molecule is Cc1cc(C(Cl)c2ccc3c(c2)CCO3)c(F)cc1F. The van der Waals surface area contributed by atoms with E-state index in [-0.39, 0.29) is 0 Å². The molecule has 104 valence electrons. The third kappa shape index (κ3) is 2.27. The fraction of sp³-hybridized carbons (Fsp3) is 0.250.